The number of aromatic nitrogens is 1. The number of alkyl carbamates (subject to hydrolysis) is 1. The molecule has 0 unspecified atom stereocenters. The minimum Gasteiger partial charge on any atom is -0.455 e. The zero-order chi connectivity index (χ0) is 27.6. The Morgan fingerprint density at radius 2 is 1.72 bits per heavy atom. The maximum absolute atomic E-state index is 13.6. The van der Waals surface area contributed by atoms with Crippen LogP contribution in [0.2, 0.25) is 0 Å². The van der Waals surface area contributed by atoms with E-state index < -0.39 is 23.7 Å². The van der Waals surface area contributed by atoms with Gasteiger partial charge in [-0.15, -0.1) is 0 Å². The number of H-pyrrole nitrogens is 1. The molecule has 39 heavy (non-hydrogen) atoms. The van der Waals surface area contributed by atoms with Crippen molar-refractivity contribution in [1.82, 2.24) is 10.3 Å². The number of quaternary nitrogens is 1. The minimum absolute atomic E-state index is 0.116. The van der Waals surface area contributed by atoms with Crippen LogP contribution in [-0.4, -0.2) is 71.2 Å². The van der Waals surface area contributed by atoms with E-state index in [9.17, 15) is 14.4 Å². The number of hydrogen-bond acceptors (Lipinski definition) is 5. The Kier molecular flexibility index (Phi) is 7.49. The number of fused-ring (bicyclic) bond motifs is 4. The average molecular weight is 533 g/mol. The second-order valence-electron chi connectivity index (χ2n) is 12.0. The molecule has 3 fully saturated rings. The van der Waals surface area contributed by atoms with Gasteiger partial charge in [-0.1, -0.05) is 48.5 Å². The topological polar surface area (TPSA) is 97.5 Å². The molecule has 2 N–H and O–H groups in total. The number of aromatic amines is 1. The van der Waals surface area contributed by atoms with E-state index >= 15 is 0 Å². The van der Waals surface area contributed by atoms with Crippen LogP contribution in [0.25, 0.3) is 10.9 Å². The van der Waals surface area contributed by atoms with Crippen molar-refractivity contribution in [3.8, 4) is 0 Å². The molecule has 3 saturated heterocycles. The summed E-state index contributed by atoms with van der Waals surface area (Å²) >= 11 is 0. The fourth-order valence-corrected chi connectivity index (χ4v) is 5.99. The lowest BCUT2D eigenvalue weighted by Crippen LogP contribution is -2.66. The highest BCUT2D eigenvalue weighted by Gasteiger charge is 2.49. The molecule has 2 aromatic carbocycles. The first-order valence-corrected chi connectivity index (χ1v) is 13.8. The van der Waals surface area contributed by atoms with Crippen LogP contribution in [0.4, 0.5) is 4.79 Å². The molecule has 0 radical (unpaired) electrons. The molecule has 2 atom stereocenters. The van der Waals surface area contributed by atoms with Crippen molar-refractivity contribution in [1.29, 1.82) is 0 Å². The quantitative estimate of drug-likeness (QED) is 0.250. The van der Waals surface area contributed by atoms with Crippen molar-refractivity contribution >= 4 is 28.7 Å². The van der Waals surface area contributed by atoms with Crippen molar-refractivity contribution in [2.45, 2.75) is 57.8 Å². The van der Waals surface area contributed by atoms with Crippen molar-refractivity contribution in [3.63, 3.8) is 0 Å². The molecule has 0 aliphatic carbocycles. The molecular weight excluding hydrogens is 494 g/mol. The molecule has 1 aromatic heterocycles. The number of nitrogens with one attached hydrogen (secondary N) is 2. The summed E-state index contributed by atoms with van der Waals surface area (Å²) in [5, 5.41) is 3.76. The molecule has 3 aromatic rings. The number of esters is 1. The van der Waals surface area contributed by atoms with Crippen LogP contribution >= 0.6 is 0 Å². The standard InChI is InChI=1S/C31H37N3O5/c1-31(2,3)39-30(37)33-26(17-23-18-32-25-12-8-7-11-24(23)25)29(36)38-28-20-34(15-13-22(28)14-16-34)19-27(35)21-9-5-4-6-10-21/h4-12,18,22,26,28,32H,13-17,19-20H2,1-3H3/p+1/t22?,26-,28-,34?/m0/s1. The van der Waals surface area contributed by atoms with E-state index in [1.54, 1.807) is 20.8 Å². The monoisotopic (exact) mass is 532 g/mol. The number of benzene rings is 2. The van der Waals surface area contributed by atoms with E-state index in [-0.39, 0.29) is 24.2 Å². The second-order valence-corrected chi connectivity index (χ2v) is 12.0. The number of rotatable bonds is 8. The maximum Gasteiger partial charge on any atom is 0.408 e. The highest BCUT2D eigenvalue weighted by molar-refractivity contribution is 5.97. The largest absolute Gasteiger partial charge is 0.455 e. The van der Waals surface area contributed by atoms with Gasteiger partial charge in [0.25, 0.3) is 0 Å². The van der Waals surface area contributed by atoms with Gasteiger partial charge < -0.3 is 24.3 Å². The van der Waals surface area contributed by atoms with E-state index in [1.165, 1.54) is 0 Å². The van der Waals surface area contributed by atoms with E-state index in [1.807, 2.05) is 60.8 Å². The number of piperidine rings is 3. The number of Topliss-reactive ketones (excluding diaryl/α,β-unsaturated/α-hetero) is 1. The Morgan fingerprint density at radius 3 is 2.44 bits per heavy atom. The maximum atomic E-state index is 13.6. The highest BCUT2D eigenvalue weighted by Crippen LogP contribution is 2.36. The van der Waals surface area contributed by atoms with Crippen LogP contribution in [0.15, 0.2) is 60.8 Å². The van der Waals surface area contributed by atoms with Gasteiger partial charge in [-0.05, 0) is 32.4 Å². The highest BCUT2D eigenvalue weighted by atomic mass is 16.6. The molecule has 4 heterocycles. The van der Waals surface area contributed by atoms with Gasteiger partial charge in [0.05, 0.1) is 13.1 Å². The van der Waals surface area contributed by atoms with Crippen LogP contribution in [-0.2, 0) is 20.7 Å². The summed E-state index contributed by atoms with van der Waals surface area (Å²) in [5.74, 6) is -0.0988. The number of nitrogens with zero attached hydrogens (tertiary/aromatic N) is 1. The Labute approximate surface area is 229 Å². The molecule has 8 heteroatoms. The first kappa shape index (κ1) is 26.9. The molecular formula is C31H38N3O5+. The molecule has 8 nitrogen and oxygen atoms in total. The predicted octanol–water partition coefficient (Wildman–Crippen LogP) is 4.64. The Balaban J connectivity index is 1.31. The summed E-state index contributed by atoms with van der Waals surface area (Å²) in [6.07, 6.45) is 3.00. The third-order valence-electron chi connectivity index (χ3n) is 7.96. The summed E-state index contributed by atoms with van der Waals surface area (Å²) < 4.78 is 12.2. The van der Waals surface area contributed by atoms with Crippen LogP contribution in [0.5, 0.6) is 0 Å². The van der Waals surface area contributed by atoms with E-state index in [4.69, 9.17) is 9.47 Å². The zero-order valence-electron chi connectivity index (χ0n) is 22.9. The Hall–Kier alpha value is -3.65. The van der Waals surface area contributed by atoms with Gasteiger partial charge in [-0.3, -0.25) is 4.79 Å². The van der Waals surface area contributed by atoms with Gasteiger partial charge >= 0.3 is 12.1 Å². The van der Waals surface area contributed by atoms with E-state index in [0.717, 1.165) is 42.4 Å². The fraction of sp³-hybridized carbons (Fsp3) is 0.452. The average Bonchev–Trinajstić information content (AvgIpc) is 3.31. The third-order valence-corrected chi connectivity index (χ3v) is 7.96. The van der Waals surface area contributed by atoms with Gasteiger partial charge in [0, 0.05) is 47.8 Å². The molecule has 3 aliphatic rings. The van der Waals surface area contributed by atoms with Crippen molar-refractivity contribution in [3.05, 3.63) is 71.9 Å². The molecule has 0 spiro atoms. The summed E-state index contributed by atoms with van der Waals surface area (Å²) in [5.41, 5.74) is 1.89. The second kappa shape index (κ2) is 10.8. The SMILES string of the molecule is CC(C)(C)OC(=O)N[C@@H](Cc1c[nH]c2ccccc12)C(=O)O[C@H]1C[N+]2(CC(=O)c3ccccc3)CCC1CC2. The lowest BCUT2D eigenvalue weighted by Gasteiger charge is -2.51. The van der Waals surface area contributed by atoms with Crippen molar-refractivity contribution in [2.75, 3.05) is 26.2 Å². The summed E-state index contributed by atoms with van der Waals surface area (Å²) in [6, 6.07) is 16.3. The molecule has 1 amide bonds. The number of hydrogen-bond donors (Lipinski definition) is 2. The molecule has 206 valence electrons. The lowest BCUT2D eigenvalue weighted by molar-refractivity contribution is -0.938. The minimum atomic E-state index is -0.908. The molecule has 3 aliphatic heterocycles. The third kappa shape index (κ3) is 6.33. The van der Waals surface area contributed by atoms with E-state index in [0.29, 0.717) is 23.1 Å². The first-order chi connectivity index (χ1) is 18.6. The number of carbonyl (C=O) groups is 3. The lowest BCUT2D eigenvalue weighted by atomic mass is 9.82. The number of ketones is 1. The van der Waals surface area contributed by atoms with Gasteiger partial charge in [0.1, 0.15) is 24.7 Å². The normalized spacial score (nSPS) is 23.3. The molecule has 6 rings (SSSR count). The summed E-state index contributed by atoms with van der Waals surface area (Å²) in [4.78, 5) is 42.6. The molecule has 0 saturated carbocycles. The number of amides is 1. The zero-order valence-corrected chi connectivity index (χ0v) is 22.9. The van der Waals surface area contributed by atoms with Crippen LogP contribution in [0, 0.1) is 5.92 Å². The number of para-hydroxylation sites is 1. The molecule has 2 bridgehead atoms. The predicted molar refractivity (Wildman–Crippen MR) is 148 cm³/mol. The van der Waals surface area contributed by atoms with Crippen LogP contribution in [0.1, 0.15) is 49.5 Å². The van der Waals surface area contributed by atoms with Gasteiger partial charge in [-0.2, -0.15) is 0 Å². The smallest absolute Gasteiger partial charge is 0.408 e. The summed E-state index contributed by atoms with van der Waals surface area (Å²) in [7, 11) is 0. The van der Waals surface area contributed by atoms with Crippen molar-refractivity contribution in [2.24, 2.45) is 5.92 Å². The number of ether oxygens (including phenoxy) is 2. The van der Waals surface area contributed by atoms with Gasteiger partial charge in [0.2, 0.25) is 5.78 Å². The summed E-state index contributed by atoms with van der Waals surface area (Å²) in [6.45, 7) is 8.19. The fourth-order valence-electron chi connectivity index (χ4n) is 5.99. The Morgan fingerprint density at radius 1 is 1.03 bits per heavy atom. The number of carbonyl (C=O) groups excluding carboxylic acids is 3. The van der Waals surface area contributed by atoms with Gasteiger partial charge in [0.15, 0.2) is 6.10 Å². The van der Waals surface area contributed by atoms with E-state index in [2.05, 4.69) is 10.3 Å². The Bertz CT molecular complexity index is 1340. The van der Waals surface area contributed by atoms with Gasteiger partial charge in [-0.25, -0.2) is 9.59 Å². The van der Waals surface area contributed by atoms with Crippen LogP contribution in [0.3, 0.4) is 0 Å². The first-order valence-electron chi connectivity index (χ1n) is 13.8. The van der Waals surface area contributed by atoms with Crippen molar-refractivity contribution < 1.29 is 28.3 Å². The van der Waals surface area contributed by atoms with Crippen LogP contribution < -0.4 is 5.32 Å².